The molecular weight excluding hydrogens is 190 g/mol. The quantitative estimate of drug-likeness (QED) is 0.539. The Labute approximate surface area is 86.6 Å². The van der Waals surface area contributed by atoms with Crippen molar-refractivity contribution in [2.24, 2.45) is 4.99 Å². The smallest absolute Gasteiger partial charge is 0.0861 e. The molecule has 4 nitrogen and oxygen atoms in total. The fourth-order valence-corrected chi connectivity index (χ4v) is 0.522. The standard InChI is InChI=1S/C6H13N3.C2H6O.ClH/c1-9(2)5-3-4-8-6-7;1-2-3;/h7H,3-5H2,1-2H3;3H,2H2,1H3;1H. The van der Waals surface area contributed by atoms with Crippen molar-refractivity contribution in [3.63, 3.8) is 0 Å². The average Bonchev–Trinajstić information content (AvgIpc) is 1.99. The molecular formula is C8H20ClN3O. The molecule has 80 valence electrons. The number of rotatable bonds is 4. The highest BCUT2D eigenvalue weighted by Crippen LogP contribution is 1.82. The number of hydrogen-bond acceptors (Lipinski definition) is 4. The van der Waals surface area contributed by atoms with Crippen molar-refractivity contribution in [3.05, 3.63) is 0 Å². The lowest BCUT2D eigenvalue weighted by Crippen LogP contribution is -2.13. The van der Waals surface area contributed by atoms with E-state index in [4.69, 9.17) is 10.5 Å². The highest BCUT2D eigenvalue weighted by atomic mass is 35.5. The predicted molar refractivity (Wildman–Crippen MR) is 58.2 cm³/mol. The molecule has 0 fully saturated rings. The van der Waals surface area contributed by atoms with E-state index in [-0.39, 0.29) is 19.0 Å². The first-order valence-electron chi connectivity index (χ1n) is 4.02. The van der Waals surface area contributed by atoms with Crippen LogP contribution in [0.4, 0.5) is 0 Å². The molecule has 0 atom stereocenters. The zero-order valence-corrected chi connectivity index (χ0v) is 9.39. The Balaban J connectivity index is -0.000000220. The van der Waals surface area contributed by atoms with Crippen LogP contribution >= 0.6 is 12.4 Å². The molecule has 0 unspecified atom stereocenters. The molecule has 0 radical (unpaired) electrons. The number of aliphatic hydroxyl groups excluding tert-OH is 1. The van der Waals surface area contributed by atoms with Crippen LogP contribution in [-0.4, -0.2) is 49.8 Å². The van der Waals surface area contributed by atoms with E-state index in [1.807, 2.05) is 20.1 Å². The highest BCUT2D eigenvalue weighted by Gasteiger charge is 1.86. The van der Waals surface area contributed by atoms with Gasteiger partial charge in [-0.05, 0) is 34.0 Å². The van der Waals surface area contributed by atoms with Gasteiger partial charge in [0, 0.05) is 6.61 Å². The molecule has 0 saturated heterocycles. The lowest BCUT2D eigenvalue weighted by molar-refractivity contribution is 0.318. The molecule has 0 amide bonds. The SMILES string of the molecule is CCO.CN(C)CCCN=C=N.Cl. The van der Waals surface area contributed by atoms with Crippen molar-refractivity contribution in [2.75, 3.05) is 33.8 Å². The van der Waals surface area contributed by atoms with E-state index in [2.05, 4.69) is 9.89 Å². The van der Waals surface area contributed by atoms with Gasteiger partial charge in [-0.3, -0.25) is 0 Å². The summed E-state index contributed by atoms with van der Waals surface area (Å²) in [7, 11) is 4.04. The van der Waals surface area contributed by atoms with Gasteiger partial charge in [0.1, 0.15) is 0 Å². The lowest BCUT2D eigenvalue weighted by Gasteiger charge is -2.05. The van der Waals surface area contributed by atoms with Gasteiger partial charge in [0.2, 0.25) is 0 Å². The molecule has 0 aliphatic carbocycles. The van der Waals surface area contributed by atoms with Gasteiger partial charge in [0.15, 0.2) is 0 Å². The molecule has 0 saturated carbocycles. The van der Waals surface area contributed by atoms with Crippen molar-refractivity contribution in [2.45, 2.75) is 13.3 Å². The van der Waals surface area contributed by atoms with Gasteiger partial charge in [-0.1, -0.05) is 0 Å². The molecule has 0 aliphatic heterocycles. The molecule has 0 aliphatic rings. The third kappa shape index (κ3) is 34.1. The minimum absolute atomic E-state index is 0. The fourth-order valence-electron chi connectivity index (χ4n) is 0.522. The van der Waals surface area contributed by atoms with E-state index in [9.17, 15) is 0 Å². The van der Waals surface area contributed by atoms with Gasteiger partial charge in [-0.25, -0.2) is 10.4 Å². The second-order valence-electron chi connectivity index (χ2n) is 2.47. The molecule has 0 spiro atoms. The van der Waals surface area contributed by atoms with Crippen LogP contribution in [0.25, 0.3) is 0 Å². The third-order valence-electron chi connectivity index (χ3n) is 0.954. The summed E-state index contributed by atoms with van der Waals surface area (Å²) in [4.78, 5) is 5.73. The molecule has 0 aromatic rings. The van der Waals surface area contributed by atoms with E-state index in [0.29, 0.717) is 0 Å². The molecule has 0 aromatic carbocycles. The molecule has 0 aromatic heterocycles. The van der Waals surface area contributed by atoms with Crippen molar-refractivity contribution >= 4 is 18.4 Å². The Hall–Kier alpha value is -0.410. The van der Waals surface area contributed by atoms with E-state index in [0.717, 1.165) is 19.5 Å². The van der Waals surface area contributed by atoms with E-state index >= 15 is 0 Å². The summed E-state index contributed by atoms with van der Waals surface area (Å²) in [5, 5.41) is 14.0. The summed E-state index contributed by atoms with van der Waals surface area (Å²) in [5.74, 6) is 0. The number of halogens is 1. The monoisotopic (exact) mass is 209 g/mol. The van der Waals surface area contributed by atoms with Gasteiger partial charge >= 0.3 is 0 Å². The van der Waals surface area contributed by atoms with Crippen LogP contribution in [0.15, 0.2) is 4.99 Å². The second kappa shape index (κ2) is 17.6. The Morgan fingerprint density at radius 2 is 1.92 bits per heavy atom. The molecule has 0 bridgehead atoms. The van der Waals surface area contributed by atoms with Gasteiger partial charge in [0.05, 0.1) is 12.6 Å². The first-order valence-corrected chi connectivity index (χ1v) is 4.02. The first-order chi connectivity index (χ1) is 5.68. The Bertz CT molecular complexity index is 125. The molecule has 5 heteroatoms. The Morgan fingerprint density at radius 3 is 2.23 bits per heavy atom. The second-order valence-corrected chi connectivity index (χ2v) is 2.47. The maximum Gasteiger partial charge on any atom is 0.0861 e. The first kappa shape index (κ1) is 18.4. The molecule has 0 rings (SSSR count). The van der Waals surface area contributed by atoms with E-state index in [1.54, 1.807) is 6.92 Å². The molecule has 0 heterocycles. The van der Waals surface area contributed by atoms with E-state index in [1.165, 1.54) is 0 Å². The van der Waals surface area contributed by atoms with Crippen LogP contribution in [0.1, 0.15) is 13.3 Å². The van der Waals surface area contributed by atoms with E-state index < -0.39 is 0 Å². The maximum absolute atomic E-state index is 7.57. The lowest BCUT2D eigenvalue weighted by atomic mass is 10.4. The summed E-state index contributed by atoms with van der Waals surface area (Å²) in [6.45, 7) is 3.69. The number of aliphatic imine (C=N–C) groups is 1. The van der Waals surface area contributed by atoms with Crippen LogP contribution in [0, 0.1) is 5.41 Å². The topological polar surface area (TPSA) is 59.7 Å². The summed E-state index contributed by atoms with van der Waals surface area (Å²) in [5.41, 5.74) is 0. The van der Waals surface area contributed by atoms with Crippen LogP contribution in [0.2, 0.25) is 0 Å². The van der Waals surface area contributed by atoms with Gasteiger partial charge in [-0.15, -0.1) is 12.4 Å². The Kier molecular flexibility index (Phi) is 24.9. The van der Waals surface area contributed by atoms with Crippen LogP contribution in [-0.2, 0) is 0 Å². The average molecular weight is 210 g/mol. The van der Waals surface area contributed by atoms with Crippen LogP contribution in [0.5, 0.6) is 0 Å². The summed E-state index contributed by atoms with van der Waals surface area (Å²) >= 11 is 0. The third-order valence-corrected chi connectivity index (χ3v) is 0.954. The van der Waals surface area contributed by atoms with Crippen molar-refractivity contribution in [1.29, 1.82) is 5.41 Å². The largest absolute Gasteiger partial charge is 0.397 e. The number of nitrogens with one attached hydrogen (secondary N) is 1. The molecule has 2 N–H and O–H groups in total. The zero-order valence-electron chi connectivity index (χ0n) is 8.58. The zero-order chi connectivity index (χ0) is 9.82. The van der Waals surface area contributed by atoms with Crippen LogP contribution < -0.4 is 0 Å². The normalized spacial score (nSPS) is 7.77. The fraction of sp³-hybridized carbons (Fsp3) is 0.875. The highest BCUT2D eigenvalue weighted by molar-refractivity contribution is 5.85. The number of nitrogens with zero attached hydrogens (tertiary/aromatic N) is 2. The van der Waals surface area contributed by atoms with Crippen molar-refractivity contribution < 1.29 is 5.11 Å². The van der Waals surface area contributed by atoms with Crippen molar-refractivity contribution in [3.8, 4) is 0 Å². The van der Waals surface area contributed by atoms with Crippen molar-refractivity contribution in [1.82, 2.24) is 4.90 Å². The summed E-state index contributed by atoms with van der Waals surface area (Å²) in [6.07, 6.45) is 1.01. The summed E-state index contributed by atoms with van der Waals surface area (Å²) in [6, 6.07) is 2.00. The van der Waals surface area contributed by atoms with Crippen LogP contribution in [0.3, 0.4) is 0 Å². The minimum Gasteiger partial charge on any atom is -0.397 e. The predicted octanol–water partition coefficient (Wildman–Crippen LogP) is 1.11. The van der Waals surface area contributed by atoms with Gasteiger partial charge < -0.3 is 10.0 Å². The number of hydrogen-bond donors (Lipinski definition) is 2. The summed E-state index contributed by atoms with van der Waals surface area (Å²) < 4.78 is 0. The van der Waals surface area contributed by atoms with Gasteiger partial charge in [-0.2, -0.15) is 0 Å². The minimum atomic E-state index is 0. The molecule has 13 heavy (non-hydrogen) atoms. The maximum atomic E-state index is 7.57. The Morgan fingerprint density at radius 1 is 1.46 bits per heavy atom. The number of aliphatic hydroxyl groups is 1. The van der Waals surface area contributed by atoms with Gasteiger partial charge in [0.25, 0.3) is 0 Å².